The lowest BCUT2D eigenvalue weighted by molar-refractivity contribution is 0.0958. The fraction of sp³-hybridized carbons (Fsp3) is 0.174. The molecule has 34 heavy (non-hydrogen) atoms. The first-order valence-electron chi connectivity index (χ1n) is 10.6. The number of para-hydroxylation sites is 1. The lowest BCUT2D eigenvalue weighted by Crippen LogP contribution is -2.21. The number of fused-ring (bicyclic) bond motifs is 3. The molecule has 0 atom stereocenters. The maximum absolute atomic E-state index is 13.2. The van der Waals surface area contributed by atoms with Gasteiger partial charge >= 0.3 is 0 Å². The molecule has 1 aliphatic rings. The van der Waals surface area contributed by atoms with Crippen LogP contribution in [0.15, 0.2) is 48.8 Å². The first-order chi connectivity index (χ1) is 16.5. The number of aromatic nitrogens is 5. The van der Waals surface area contributed by atoms with Gasteiger partial charge in [-0.1, -0.05) is 6.07 Å². The molecule has 0 bridgehead atoms. The molecule has 0 unspecified atom stereocenters. The summed E-state index contributed by atoms with van der Waals surface area (Å²) in [5.74, 6) is 1.29. The molecule has 4 aromatic rings. The van der Waals surface area contributed by atoms with Crippen LogP contribution in [-0.4, -0.2) is 44.3 Å². The number of benzene rings is 1. The number of hydrogen-bond donors (Lipinski definition) is 3. The zero-order valence-corrected chi connectivity index (χ0v) is 18.5. The number of carbonyl (C=O) groups is 1. The summed E-state index contributed by atoms with van der Waals surface area (Å²) in [6.07, 6.45) is 3.09. The van der Waals surface area contributed by atoms with Crippen molar-refractivity contribution in [2.45, 2.75) is 13.5 Å². The number of anilines is 4. The number of amides is 1. The maximum Gasteiger partial charge on any atom is 0.273 e. The van der Waals surface area contributed by atoms with Crippen LogP contribution in [0.1, 0.15) is 16.2 Å². The summed E-state index contributed by atoms with van der Waals surface area (Å²) in [4.78, 5) is 21.1. The highest BCUT2D eigenvalue weighted by atomic mass is 19.1. The topological polar surface area (TPSA) is 119 Å². The summed E-state index contributed by atoms with van der Waals surface area (Å²) in [6, 6.07) is 10.1. The summed E-state index contributed by atoms with van der Waals surface area (Å²) in [7, 11) is 1.52. The number of pyridine rings is 1. The molecule has 0 radical (unpaired) electrons. The van der Waals surface area contributed by atoms with Crippen LogP contribution in [0.3, 0.4) is 0 Å². The standard InChI is InChI=1S/C23H21FN8O2/c1-13-12-32-8-9-34-21-15(22(32)27-13)4-3-5-16(21)28-17-10-19(30-31-20(17)23(33)25-2)29-18-7-6-14(24)11-26-18/h3-7,10-12H,8-9H2,1-2H3,(H,25,33)(H2,26,28,29,30). The molecular formula is C23H21FN8O2. The smallest absolute Gasteiger partial charge is 0.273 e. The number of nitrogens with zero attached hydrogens (tertiary/aromatic N) is 5. The number of rotatable bonds is 5. The van der Waals surface area contributed by atoms with Crippen LogP contribution in [0.5, 0.6) is 5.75 Å². The van der Waals surface area contributed by atoms with E-state index in [0.29, 0.717) is 41.9 Å². The van der Waals surface area contributed by atoms with Gasteiger partial charge in [0.25, 0.3) is 5.91 Å². The van der Waals surface area contributed by atoms with Gasteiger partial charge in [-0.3, -0.25) is 4.79 Å². The van der Waals surface area contributed by atoms with Crippen molar-refractivity contribution < 1.29 is 13.9 Å². The van der Waals surface area contributed by atoms with E-state index < -0.39 is 11.7 Å². The van der Waals surface area contributed by atoms with E-state index in [1.54, 1.807) is 6.07 Å². The second-order valence-electron chi connectivity index (χ2n) is 7.61. The molecule has 3 aromatic heterocycles. The fourth-order valence-corrected chi connectivity index (χ4v) is 3.71. The Kier molecular flexibility index (Phi) is 5.50. The molecule has 0 saturated carbocycles. The third kappa shape index (κ3) is 4.10. The lowest BCUT2D eigenvalue weighted by Gasteiger charge is -2.16. The second kappa shape index (κ2) is 8.77. The van der Waals surface area contributed by atoms with E-state index in [9.17, 15) is 9.18 Å². The Morgan fingerprint density at radius 3 is 2.79 bits per heavy atom. The number of carbonyl (C=O) groups excluding carboxylic acids is 1. The Labute approximate surface area is 194 Å². The molecular weight excluding hydrogens is 439 g/mol. The van der Waals surface area contributed by atoms with Crippen molar-refractivity contribution in [1.82, 2.24) is 30.0 Å². The largest absolute Gasteiger partial charge is 0.489 e. The SMILES string of the molecule is CNC(=O)c1nnc(Nc2ccc(F)cn2)cc1Nc1cccc2c1OCCn1cc(C)nc1-2. The van der Waals surface area contributed by atoms with E-state index in [-0.39, 0.29) is 5.69 Å². The van der Waals surface area contributed by atoms with Crippen LogP contribution in [0, 0.1) is 12.7 Å². The lowest BCUT2D eigenvalue weighted by atomic mass is 10.1. The normalized spacial score (nSPS) is 12.1. The van der Waals surface area contributed by atoms with Gasteiger partial charge in [-0.15, -0.1) is 10.2 Å². The summed E-state index contributed by atoms with van der Waals surface area (Å²) in [5, 5.41) is 16.9. The Morgan fingerprint density at radius 2 is 2.00 bits per heavy atom. The Balaban J connectivity index is 1.53. The van der Waals surface area contributed by atoms with E-state index >= 15 is 0 Å². The van der Waals surface area contributed by atoms with Crippen LogP contribution in [0.25, 0.3) is 11.4 Å². The van der Waals surface area contributed by atoms with E-state index in [4.69, 9.17) is 4.74 Å². The zero-order valence-electron chi connectivity index (χ0n) is 18.5. The fourth-order valence-electron chi connectivity index (χ4n) is 3.71. The minimum Gasteiger partial charge on any atom is -0.489 e. The van der Waals surface area contributed by atoms with Gasteiger partial charge in [0.2, 0.25) is 0 Å². The first-order valence-corrected chi connectivity index (χ1v) is 10.6. The highest BCUT2D eigenvalue weighted by Gasteiger charge is 2.22. The molecule has 172 valence electrons. The van der Waals surface area contributed by atoms with Crippen molar-refractivity contribution in [3.05, 3.63) is 66.0 Å². The maximum atomic E-state index is 13.2. The third-order valence-corrected chi connectivity index (χ3v) is 5.22. The van der Waals surface area contributed by atoms with Crippen molar-refractivity contribution >= 4 is 28.9 Å². The molecule has 5 rings (SSSR count). The molecule has 10 nitrogen and oxygen atoms in total. The molecule has 0 spiro atoms. The average Bonchev–Trinajstić information content (AvgIpc) is 3.12. The van der Waals surface area contributed by atoms with Crippen LogP contribution in [0.2, 0.25) is 0 Å². The zero-order chi connectivity index (χ0) is 23.7. The quantitative estimate of drug-likeness (QED) is 0.415. The summed E-state index contributed by atoms with van der Waals surface area (Å²) < 4.78 is 21.3. The van der Waals surface area contributed by atoms with E-state index in [1.807, 2.05) is 31.3 Å². The van der Waals surface area contributed by atoms with Gasteiger partial charge in [0.1, 0.15) is 24.1 Å². The number of nitrogens with one attached hydrogen (secondary N) is 3. The van der Waals surface area contributed by atoms with Crippen LogP contribution in [-0.2, 0) is 6.54 Å². The molecule has 3 N–H and O–H groups in total. The molecule has 0 fully saturated rings. The predicted octanol–water partition coefficient (Wildman–Crippen LogP) is 3.42. The van der Waals surface area contributed by atoms with Gasteiger partial charge in [-0.25, -0.2) is 14.4 Å². The molecule has 1 aliphatic heterocycles. The molecule has 4 heterocycles. The van der Waals surface area contributed by atoms with Gasteiger partial charge in [-0.2, -0.15) is 0 Å². The van der Waals surface area contributed by atoms with Crippen LogP contribution in [0.4, 0.5) is 27.4 Å². The number of hydrogen-bond acceptors (Lipinski definition) is 8. The number of aryl methyl sites for hydroxylation is 1. The summed E-state index contributed by atoms with van der Waals surface area (Å²) >= 11 is 0. The predicted molar refractivity (Wildman–Crippen MR) is 124 cm³/mol. The Bertz CT molecular complexity index is 1370. The van der Waals surface area contributed by atoms with Crippen molar-refractivity contribution in [2.24, 2.45) is 0 Å². The highest BCUT2D eigenvalue weighted by Crippen LogP contribution is 2.39. The van der Waals surface area contributed by atoms with Crippen molar-refractivity contribution in [2.75, 3.05) is 24.3 Å². The van der Waals surface area contributed by atoms with Crippen LogP contribution < -0.4 is 20.7 Å². The summed E-state index contributed by atoms with van der Waals surface area (Å²) in [5.41, 5.74) is 2.92. The third-order valence-electron chi connectivity index (χ3n) is 5.22. The minimum atomic E-state index is -0.449. The van der Waals surface area contributed by atoms with Crippen molar-refractivity contribution in [3.8, 4) is 17.1 Å². The number of halogens is 1. The Morgan fingerprint density at radius 1 is 1.12 bits per heavy atom. The Hall–Kier alpha value is -4.54. The summed E-state index contributed by atoms with van der Waals surface area (Å²) in [6.45, 7) is 3.09. The van der Waals surface area contributed by atoms with Gasteiger partial charge in [0.15, 0.2) is 17.3 Å². The van der Waals surface area contributed by atoms with E-state index in [0.717, 1.165) is 23.3 Å². The first kappa shape index (κ1) is 21.3. The van der Waals surface area contributed by atoms with Crippen LogP contribution >= 0.6 is 0 Å². The van der Waals surface area contributed by atoms with Gasteiger partial charge in [-0.05, 0) is 31.2 Å². The van der Waals surface area contributed by atoms with Gasteiger partial charge in [0, 0.05) is 19.3 Å². The number of ether oxygens (including phenoxy) is 1. The van der Waals surface area contributed by atoms with Crippen molar-refractivity contribution in [1.29, 1.82) is 0 Å². The molecule has 1 aromatic carbocycles. The molecule has 11 heteroatoms. The average molecular weight is 460 g/mol. The van der Waals surface area contributed by atoms with Gasteiger partial charge in [0.05, 0.1) is 35.4 Å². The minimum absolute atomic E-state index is 0.101. The molecule has 0 saturated heterocycles. The van der Waals surface area contributed by atoms with E-state index in [2.05, 4.69) is 40.7 Å². The van der Waals surface area contributed by atoms with Crippen molar-refractivity contribution in [3.63, 3.8) is 0 Å². The molecule has 1 amide bonds. The van der Waals surface area contributed by atoms with E-state index in [1.165, 1.54) is 19.2 Å². The monoisotopic (exact) mass is 460 g/mol. The molecule has 0 aliphatic carbocycles. The highest BCUT2D eigenvalue weighted by molar-refractivity contribution is 5.99. The second-order valence-corrected chi connectivity index (χ2v) is 7.61. The number of imidazole rings is 1. The van der Waals surface area contributed by atoms with Gasteiger partial charge < -0.3 is 25.3 Å².